The van der Waals surface area contributed by atoms with Crippen LogP contribution in [0.5, 0.6) is 0 Å². The fourth-order valence-electron chi connectivity index (χ4n) is 1.56. The molecule has 0 saturated heterocycles. The molecule has 1 aromatic rings. The molecule has 0 saturated carbocycles. The van der Waals surface area contributed by atoms with Crippen LogP contribution >= 0.6 is 0 Å². The minimum Gasteiger partial charge on any atom is -0.394 e. The van der Waals surface area contributed by atoms with Crippen molar-refractivity contribution in [1.82, 2.24) is 5.32 Å². The quantitative estimate of drug-likeness (QED) is 0.779. The van der Waals surface area contributed by atoms with E-state index in [1.807, 2.05) is 30.3 Å². The first kappa shape index (κ1) is 13.7. The monoisotopic (exact) mass is 237 g/mol. The van der Waals surface area contributed by atoms with Crippen molar-refractivity contribution in [2.45, 2.75) is 13.0 Å². The number of aliphatic hydroxyl groups is 1. The number of hydrogen-bond acceptors (Lipinski definition) is 3. The Bertz CT molecular complexity index is 340. The van der Waals surface area contributed by atoms with Crippen LogP contribution < -0.4 is 5.32 Å². The van der Waals surface area contributed by atoms with Gasteiger partial charge in [-0.3, -0.25) is 4.79 Å². The standard InChI is InChI=1S/C13H19NO3/c1-10(9-17-2)13(16)14-12(8-15)11-6-4-3-5-7-11/h3-7,10,12,15H,8-9H2,1-2H3,(H,14,16). The molecule has 1 rings (SSSR count). The molecule has 2 atom stereocenters. The second kappa shape index (κ2) is 7.04. The Labute approximate surface area is 102 Å². The van der Waals surface area contributed by atoms with E-state index in [-0.39, 0.29) is 24.5 Å². The average molecular weight is 237 g/mol. The highest BCUT2D eigenvalue weighted by Crippen LogP contribution is 2.12. The van der Waals surface area contributed by atoms with Gasteiger partial charge in [0.25, 0.3) is 0 Å². The molecule has 4 heteroatoms. The third-order valence-electron chi connectivity index (χ3n) is 2.57. The van der Waals surface area contributed by atoms with Crippen LogP contribution in [0.15, 0.2) is 30.3 Å². The van der Waals surface area contributed by atoms with Crippen molar-refractivity contribution >= 4 is 5.91 Å². The Morgan fingerprint density at radius 1 is 1.41 bits per heavy atom. The number of carbonyl (C=O) groups excluding carboxylic acids is 1. The summed E-state index contributed by atoms with van der Waals surface area (Å²) >= 11 is 0. The zero-order chi connectivity index (χ0) is 12.7. The summed E-state index contributed by atoms with van der Waals surface area (Å²) in [7, 11) is 1.56. The number of carbonyl (C=O) groups is 1. The van der Waals surface area contributed by atoms with Gasteiger partial charge in [0.2, 0.25) is 5.91 Å². The molecular weight excluding hydrogens is 218 g/mol. The van der Waals surface area contributed by atoms with Gasteiger partial charge in [0.15, 0.2) is 0 Å². The maximum Gasteiger partial charge on any atom is 0.225 e. The van der Waals surface area contributed by atoms with Crippen molar-refractivity contribution in [3.8, 4) is 0 Å². The van der Waals surface area contributed by atoms with Gasteiger partial charge in [0.05, 0.1) is 25.2 Å². The average Bonchev–Trinajstić information content (AvgIpc) is 2.37. The molecule has 1 amide bonds. The largest absolute Gasteiger partial charge is 0.394 e. The van der Waals surface area contributed by atoms with Gasteiger partial charge in [0, 0.05) is 7.11 Å². The molecule has 0 aliphatic heterocycles. The molecule has 0 heterocycles. The fraction of sp³-hybridized carbons (Fsp3) is 0.462. The molecule has 17 heavy (non-hydrogen) atoms. The Balaban J connectivity index is 2.62. The molecule has 2 unspecified atom stereocenters. The topological polar surface area (TPSA) is 58.6 Å². The molecule has 0 spiro atoms. The first-order chi connectivity index (χ1) is 8.19. The van der Waals surface area contributed by atoms with Crippen LogP contribution in [-0.2, 0) is 9.53 Å². The highest BCUT2D eigenvalue weighted by molar-refractivity contribution is 5.78. The first-order valence-corrected chi connectivity index (χ1v) is 5.64. The van der Waals surface area contributed by atoms with Crippen LogP contribution in [0.25, 0.3) is 0 Å². The lowest BCUT2D eigenvalue weighted by atomic mass is 10.1. The van der Waals surface area contributed by atoms with Crippen molar-refractivity contribution in [1.29, 1.82) is 0 Å². The maximum absolute atomic E-state index is 11.8. The predicted molar refractivity (Wildman–Crippen MR) is 65.5 cm³/mol. The smallest absolute Gasteiger partial charge is 0.225 e. The molecule has 0 fully saturated rings. The zero-order valence-electron chi connectivity index (χ0n) is 10.2. The Hall–Kier alpha value is -1.39. The minimum absolute atomic E-state index is 0.116. The Kier molecular flexibility index (Phi) is 5.66. The summed E-state index contributed by atoms with van der Waals surface area (Å²) in [6.07, 6.45) is 0. The molecule has 0 aliphatic rings. The van der Waals surface area contributed by atoms with Gasteiger partial charge in [-0.15, -0.1) is 0 Å². The van der Waals surface area contributed by atoms with Crippen molar-refractivity contribution in [2.75, 3.05) is 20.3 Å². The molecule has 0 aliphatic carbocycles. The van der Waals surface area contributed by atoms with E-state index in [9.17, 15) is 9.90 Å². The number of methoxy groups -OCH3 is 1. The summed E-state index contributed by atoms with van der Waals surface area (Å²) in [6.45, 7) is 2.05. The third-order valence-corrected chi connectivity index (χ3v) is 2.57. The SMILES string of the molecule is COCC(C)C(=O)NC(CO)c1ccccc1. The molecule has 1 aromatic carbocycles. The van der Waals surface area contributed by atoms with E-state index in [0.29, 0.717) is 6.61 Å². The Morgan fingerprint density at radius 2 is 2.06 bits per heavy atom. The van der Waals surface area contributed by atoms with E-state index in [1.54, 1.807) is 14.0 Å². The van der Waals surface area contributed by atoms with Gasteiger partial charge in [-0.1, -0.05) is 37.3 Å². The lowest BCUT2D eigenvalue weighted by Gasteiger charge is -2.19. The molecule has 0 aromatic heterocycles. The second-order valence-electron chi connectivity index (χ2n) is 4.01. The van der Waals surface area contributed by atoms with E-state index in [1.165, 1.54) is 0 Å². The zero-order valence-corrected chi connectivity index (χ0v) is 10.2. The van der Waals surface area contributed by atoms with Crippen molar-refractivity contribution < 1.29 is 14.6 Å². The van der Waals surface area contributed by atoms with E-state index < -0.39 is 0 Å². The number of aliphatic hydroxyl groups excluding tert-OH is 1. The van der Waals surface area contributed by atoms with Gasteiger partial charge < -0.3 is 15.2 Å². The summed E-state index contributed by atoms with van der Waals surface area (Å²) in [4.78, 5) is 11.8. The molecule has 94 valence electrons. The molecule has 0 radical (unpaired) electrons. The van der Waals surface area contributed by atoms with Crippen LogP contribution in [0.1, 0.15) is 18.5 Å². The fourth-order valence-corrected chi connectivity index (χ4v) is 1.56. The lowest BCUT2D eigenvalue weighted by molar-refractivity contribution is -0.127. The van der Waals surface area contributed by atoms with Crippen LogP contribution in [-0.4, -0.2) is 31.3 Å². The predicted octanol–water partition coefficient (Wildman–Crippen LogP) is 1.12. The summed E-state index contributed by atoms with van der Waals surface area (Å²) < 4.78 is 4.92. The van der Waals surface area contributed by atoms with E-state index >= 15 is 0 Å². The van der Waals surface area contributed by atoms with Gasteiger partial charge in [-0.2, -0.15) is 0 Å². The summed E-state index contributed by atoms with van der Waals surface area (Å²) in [5, 5.41) is 12.1. The number of hydrogen-bond donors (Lipinski definition) is 2. The number of rotatable bonds is 6. The highest BCUT2D eigenvalue weighted by Gasteiger charge is 2.17. The van der Waals surface area contributed by atoms with Crippen LogP contribution in [0, 0.1) is 5.92 Å². The van der Waals surface area contributed by atoms with Gasteiger partial charge in [-0.05, 0) is 5.56 Å². The van der Waals surface area contributed by atoms with Crippen molar-refractivity contribution in [3.05, 3.63) is 35.9 Å². The summed E-state index contributed by atoms with van der Waals surface area (Å²) in [5.74, 6) is -0.340. The lowest BCUT2D eigenvalue weighted by Crippen LogP contribution is -2.36. The van der Waals surface area contributed by atoms with Crippen LogP contribution in [0.2, 0.25) is 0 Å². The van der Waals surface area contributed by atoms with E-state index in [2.05, 4.69) is 5.32 Å². The number of amides is 1. The van der Waals surface area contributed by atoms with E-state index in [0.717, 1.165) is 5.56 Å². The normalized spacial score (nSPS) is 14.1. The molecule has 2 N–H and O–H groups in total. The number of benzene rings is 1. The summed E-state index contributed by atoms with van der Waals surface area (Å²) in [5.41, 5.74) is 0.896. The minimum atomic E-state index is -0.358. The van der Waals surface area contributed by atoms with Crippen molar-refractivity contribution in [3.63, 3.8) is 0 Å². The maximum atomic E-state index is 11.8. The molecule has 4 nitrogen and oxygen atoms in total. The first-order valence-electron chi connectivity index (χ1n) is 5.64. The van der Waals surface area contributed by atoms with Crippen molar-refractivity contribution in [2.24, 2.45) is 5.92 Å². The number of ether oxygens (including phenoxy) is 1. The highest BCUT2D eigenvalue weighted by atomic mass is 16.5. The molecule has 0 bridgehead atoms. The van der Waals surface area contributed by atoms with Gasteiger partial charge in [-0.25, -0.2) is 0 Å². The van der Waals surface area contributed by atoms with E-state index in [4.69, 9.17) is 4.74 Å². The second-order valence-corrected chi connectivity index (χ2v) is 4.01. The van der Waals surface area contributed by atoms with Gasteiger partial charge in [0.1, 0.15) is 0 Å². The van der Waals surface area contributed by atoms with Crippen LogP contribution in [0.4, 0.5) is 0 Å². The molecular formula is C13H19NO3. The van der Waals surface area contributed by atoms with Crippen LogP contribution in [0.3, 0.4) is 0 Å². The third kappa shape index (κ3) is 4.17. The number of nitrogens with one attached hydrogen (secondary N) is 1. The summed E-state index contributed by atoms with van der Waals surface area (Å²) in [6, 6.07) is 9.05. The van der Waals surface area contributed by atoms with Gasteiger partial charge >= 0.3 is 0 Å². The Morgan fingerprint density at radius 3 is 2.59 bits per heavy atom.